The first-order valence-electron chi connectivity index (χ1n) is 8.14. The highest BCUT2D eigenvalue weighted by atomic mass is 32.1. The van der Waals surface area contributed by atoms with Gasteiger partial charge >= 0.3 is 6.09 Å². The van der Waals surface area contributed by atoms with Gasteiger partial charge in [0.15, 0.2) is 0 Å². The van der Waals surface area contributed by atoms with E-state index >= 15 is 0 Å². The van der Waals surface area contributed by atoms with Gasteiger partial charge < -0.3 is 9.47 Å². The van der Waals surface area contributed by atoms with Crippen LogP contribution in [0.25, 0.3) is 10.4 Å². The average molecular weight is 368 g/mol. The Morgan fingerprint density at radius 1 is 1.19 bits per heavy atom. The summed E-state index contributed by atoms with van der Waals surface area (Å²) in [6.07, 6.45) is 1.36. The number of rotatable bonds is 5. The number of hydrogen-bond donors (Lipinski definition) is 1. The number of hydrogen-bond acceptors (Lipinski definition) is 5. The second-order valence-corrected chi connectivity index (χ2v) is 6.74. The van der Waals surface area contributed by atoms with Gasteiger partial charge in [0.2, 0.25) is 0 Å². The van der Waals surface area contributed by atoms with E-state index in [-0.39, 0.29) is 0 Å². The first kappa shape index (κ1) is 17.9. The highest BCUT2D eigenvalue weighted by Crippen LogP contribution is 2.29. The second-order valence-electron chi connectivity index (χ2n) is 5.85. The third-order valence-corrected chi connectivity index (χ3v) is 4.92. The molecular formula is C20H20N2O3S. The molecule has 3 aromatic rings. The number of aromatic nitrogens is 1. The predicted molar refractivity (Wildman–Crippen MR) is 104 cm³/mol. The first-order chi connectivity index (χ1) is 12.6. The highest BCUT2D eigenvalue weighted by Gasteiger charge is 2.11. The summed E-state index contributed by atoms with van der Waals surface area (Å²) in [5, 5.41) is 2.73. The van der Waals surface area contributed by atoms with Crippen LogP contribution < -0.4 is 10.1 Å². The summed E-state index contributed by atoms with van der Waals surface area (Å²) >= 11 is 1.61. The molecule has 2 aromatic carbocycles. The van der Waals surface area contributed by atoms with Gasteiger partial charge in [-0.15, -0.1) is 11.3 Å². The lowest BCUT2D eigenvalue weighted by atomic mass is 10.1. The third-order valence-electron chi connectivity index (χ3n) is 4.10. The lowest BCUT2D eigenvalue weighted by Gasteiger charge is -2.15. The van der Waals surface area contributed by atoms with E-state index in [1.807, 2.05) is 55.9 Å². The van der Waals surface area contributed by atoms with Gasteiger partial charge in [0.25, 0.3) is 0 Å². The van der Waals surface area contributed by atoms with Gasteiger partial charge in [-0.05, 0) is 54.8 Å². The normalized spacial score (nSPS) is 10.4. The van der Waals surface area contributed by atoms with Gasteiger partial charge in [-0.2, -0.15) is 0 Å². The number of nitrogens with zero attached hydrogens (tertiary/aromatic N) is 1. The van der Waals surface area contributed by atoms with Crippen molar-refractivity contribution < 1.29 is 14.3 Å². The molecule has 0 atom stereocenters. The molecule has 0 aliphatic carbocycles. The Morgan fingerprint density at radius 2 is 2.04 bits per heavy atom. The number of carbonyl (C=O) groups excluding carboxylic acids is 1. The molecule has 0 radical (unpaired) electrons. The van der Waals surface area contributed by atoms with E-state index < -0.39 is 6.09 Å². The van der Waals surface area contributed by atoms with Crippen molar-refractivity contribution in [3.8, 4) is 16.2 Å². The fourth-order valence-corrected chi connectivity index (χ4v) is 3.26. The van der Waals surface area contributed by atoms with Crippen molar-refractivity contribution in [3.63, 3.8) is 0 Å². The van der Waals surface area contributed by atoms with Crippen molar-refractivity contribution in [2.45, 2.75) is 20.5 Å². The molecule has 1 aromatic heterocycles. The zero-order chi connectivity index (χ0) is 18.5. The van der Waals surface area contributed by atoms with Crippen LogP contribution in [0.15, 0.2) is 48.1 Å². The fraction of sp³-hybridized carbons (Fsp3) is 0.200. The molecule has 0 saturated carbocycles. The van der Waals surface area contributed by atoms with Crippen LogP contribution in [0.4, 0.5) is 10.5 Å². The molecule has 0 aliphatic heterocycles. The molecule has 6 heteroatoms. The molecule has 0 saturated heterocycles. The fourth-order valence-electron chi connectivity index (χ4n) is 2.64. The molecule has 0 unspecified atom stereocenters. The number of benzene rings is 2. The molecular weight excluding hydrogens is 348 g/mol. The van der Waals surface area contributed by atoms with Crippen LogP contribution in [0.3, 0.4) is 0 Å². The Morgan fingerprint density at radius 3 is 2.73 bits per heavy atom. The minimum atomic E-state index is -0.498. The Kier molecular flexibility index (Phi) is 5.53. The lowest BCUT2D eigenvalue weighted by molar-refractivity contribution is 0.187. The summed E-state index contributed by atoms with van der Waals surface area (Å²) in [6.45, 7) is 4.36. The molecule has 5 nitrogen and oxygen atoms in total. The minimum absolute atomic E-state index is 0.354. The van der Waals surface area contributed by atoms with Crippen molar-refractivity contribution >= 4 is 23.1 Å². The molecule has 1 heterocycles. The van der Waals surface area contributed by atoms with Crippen molar-refractivity contribution in [3.05, 3.63) is 64.8 Å². The van der Waals surface area contributed by atoms with Crippen molar-refractivity contribution in [2.24, 2.45) is 0 Å². The maximum absolute atomic E-state index is 11.5. The SMILES string of the molecule is COC(=O)Nc1cccc(C)c1COc1ccc(-c2cncs2)cc1C. The minimum Gasteiger partial charge on any atom is -0.489 e. The number of anilines is 1. The number of aryl methyl sites for hydroxylation is 2. The topological polar surface area (TPSA) is 60.5 Å². The summed E-state index contributed by atoms with van der Waals surface area (Å²) < 4.78 is 10.7. The Balaban J connectivity index is 1.78. The van der Waals surface area contributed by atoms with Crippen LogP contribution in [0.2, 0.25) is 0 Å². The van der Waals surface area contributed by atoms with Gasteiger partial charge in [-0.25, -0.2) is 4.79 Å². The summed E-state index contributed by atoms with van der Waals surface area (Å²) in [5.74, 6) is 0.811. The van der Waals surface area contributed by atoms with Crippen LogP contribution in [0.5, 0.6) is 5.75 Å². The van der Waals surface area contributed by atoms with E-state index in [2.05, 4.69) is 21.1 Å². The maximum atomic E-state index is 11.5. The van der Waals surface area contributed by atoms with E-state index in [0.717, 1.165) is 32.9 Å². The van der Waals surface area contributed by atoms with Gasteiger partial charge in [-0.3, -0.25) is 10.3 Å². The summed E-state index contributed by atoms with van der Waals surface area (Å²) in [4.78, 5) is 16.8. The van der Waals surface area contributed by atoms with Crippen LogP contribution in [-0.4, -0.2) is 18.2 Å². The number of nitrogens with one attached hydrogen (secondary N) is 1. The first-order valence-corrected chi connectivity index (χ1v) is 9.02. The number of amides is 1. The van der Waals surface area contributed by atoms with Crippen LogP contribution in [0, 0.1) is 13.8 Å². The summed E-state index contributed by atoms with van der Waals surface area (Å²) in [6, 6.07) is 11.8. The smallest absolute Gasteiger partial charge is 0.411 e. The quantitative estimate of drug-likeness (QED) is 0.674. The highest BCUT2D eigenvalue weighted by molar-refractivity contribution is 7.13. The second kappa shape index (κ2) is 8.01. The number of methoxy groups -OCH3 is 1. The van der Waals surface area contributed by atoms with Gasteiger partial charge in [0.1, 0.15) is 12.4 Å². The zero-order valence-corrected chi connectivity index (χ0v) is 15.7. The predicted octanol–water partition coefficient (Wildman–Crippen LogP) is 5.18. The lowest BCUT2D eigenvalue weighted by Crippen LogP contribution is -2.14. The molecule has 26 heavy (non-hydrogen) atoms. The van der Waals surface area contributed by atoms with E-state index in [1.54, 1.807) is 11.3 Å². The number of carbonyl (C=O) groups is 1. The monoisotopic (exact) mass is 368 g/mol. The van der Waals surface area contributed by atoms with E-state index in [0.29, 0.717) is 12.3 Å². The van der Waals surface area contributed by atoms with E-state index in [1.165, 1.54) is 7.11 Å². The van der Waals surface area contributed by atoms with Gasteiger partial charge in [0.05, 0.1) is 23.2 Å². The summed E-state index contributed by atoms with van der Waals surface area (Å²) in [7, 11) is 1.34. The Bertz CT molecular complexity index is 907. The maximum Gasteiger partial charge on any atom is 0.411 e. The molecule has 134 valence electrons. The van der Waals surface area contributed by atoms with Crippen LogP contribution in [0.1, 0.15) is 16.7 Å². The molecule has 0 bridgehead atoms. The van der Waals surface area contributed by atoms with Gasteiger partial charge in [0, 0.05) is 11.8 Å². The molecule has 1 N–H and O–H groups in total. The zero-order valence-electron chi connectivity index (χ0n) is 14.9. The summed E-state index contributed by atoms with van der Waals surface area (Å²) in [5.41, 5.74) is 6.65. The Labute approximate surface area is 156 Å². The van der Waals surface area contributed by atoms with Gasteiger partial charge in [-0.1, -0.05) is 12.1 Å². The van der Waals surface area contributed by atoms with Crippen LogP contribution >= 0.6 is 11.3 Å². The number of thiazole rings is 1. The van der Waals surface area contributed by atoms with Crippen molar-refractivity contribution in [2.75, 3.05) is 12.4 Å². The molecule has 0 fully saturated rings. The standard InChI is InChI=1S/C20H20N2O3S/c1-13-5-4-6-17(22-20(23)24-3)16(13)11-25-18-8-7-15(9-14(18)2)19-10-21-12-26-19/h4-10,12H,11H2,1-3H3,(H,22,23). The largest absolute Gasteiger partial charge is 0.489 e. The number of ether oxygens (including phenoxy) is 2. The van der Waals surface area contributed by atoms with Crippen molar-refractivity contribution in [1.29, 1.82) is 0 Å². The van der Waals surface area contributed by atoms with Crippen molar-refractivity contribution in [1.82, 2.24) is 4.98 Å². The Hall–Kier alpha value is -2.86. The molecule has 3 rings (SSSR count). The van der Waals surface area contributed by atoms with E-state index in [9.17, 15) is 4.79 Å². The third kappa shape index (κ3) is 4.03. The molecule has 0 spiro atoms. The average Bonchev–Trinajstić information content (AvgIpc) is 3.16. The van der Waals surface area contributed by atoms with Crippen LogP contribution in [-0.2, 0) is 11.3 Å². The van der Waals surface area contributed by atoms with E-state index in [4.69, 9.17) is 4.74 Å². The molecule has 0 aliphatic rings. The molecule has 1 amide bonds.